The maximum absolute atomic E-state index is 6.09. The first-order valence-electron chi connectivity index (χ1n) is 6.21. The normalized spacial score (nSPS) is 25.1. The predicted molar refractivity (Wildman–Crippen MR) is 68.7 cm³/mol. The summed E-state index contributed by atoms with van der Waals surface area (Å²) < 4.78 is 5.70. The molecule has 2 aliphatic rings. The summed E-state index contributed by atoms with van der Waals surface area (Å²) in [6.45, 7) is 5.18. The number of rotatable bonds is 1. The summed E-state index contributed by atoms with van der Waals surface area (Å²) >= 11 is 6.09. The van der Waals surface area contributed by atoms with Gasteiger partial charge in [-0.3, -0.25) is 4.90 Å². The van der Waals surface area contributed by atoms with E-state index in [2.05, 4.69) is 16.3 Å². The molecular formula is C13H17ClN2O. The second-order valence-corrected chi connectivity index (χ2v) is 5.06. The standard InChI is InChI=1S/C13H17ClN2O/c14-10-1-2-13-11(9-10)12(3-8-17-13)16-6-4-15-5-7-16/h1-2,9,12,15H,3-8H2. The van der Waals surface area contributed by atoms with Crippen LogP contribution in [0.2, 0.25) is 5.02 Å². The molecule has 1 unspecified atom stereocenters. The third-order valence-corrected chi connectivity index (χ3v) is 3.81. The monoisotopic (exact) mass is 252 g/mol. The van der Waals surface area contributed by atoms with E-state index >= 15 is 0 Å². The number of piperazine rings is 1. The second-order valence-electron chi connectivity index (χ2n) is 4.62. The van der Waals surface area contributed by atoms with Crippen LogP contribution >= 0.6 is 11.6 Å². The van der Waals surface area contributed by atoms with E-state index in [-0.39, 0.29) is 0 Å². The van der Waals surface area contributed by atoms with Crippen LogP contribution in [0.5, 0.6) is 5.75 Å². The average molecular weight is 253 g/mol. The molecule has 2 aliphatic heterocycles. The highest BCUT2D eigenvalue weighted by atomic mass is 35.5. The summed E-state index contributed by atoms with van der Waals surface area (Å²) in [5.41, 5.74) is 1.26. The lowest BCUT2D eigenvalue weighted by Gasteiger charge is -2.38. The molecule has 0 aliphatic carbocycles. The molecule has 3 rings (SSSR count). The molecule has 1 aromatic carbocycles. The maximum atomic E-state index is 6.09. The highest BCUT2D eigenvalue weighted by molar-refractivity contribution is 6.30. The van der Waals surface area contributed by atoms with E-state index in [4.69, 9.17) is 16.3 Å². The first-order valence-corrected chi connectivity index (χ1v) is 6.59. The van der Waals surface area contributed by atoms with Crippen molar-refractivity contribution in [3.8, 4) is 5.75 Å². The first-order chi connectivity index (χ1) is 8.34. The van der Waals surface area contributed by atoms with Crippen molar-refractivity contribution in [2.75, 3.05) is 32.8 Å². The number of ether oxygens (including phenoxy) is 1. The number of hydrogen-bond acceptors (Lipinski definition) is 3. The minimum Gasteiger partial charge on any atom is -0.493 e. The van der Waals surface area contributed by atoms with Gasteiger partial charge in [-0.2, -0.15) is 0 Å². The Hall–Kier alpha value is -0.770. The summed E-state index contributed by atoms with van der Waals surface area (Å²) in [6, 6.07) is 6.43. The molecule has 92 valence electrons. The van der Waals surface area contributed by atoms with Crippen LogP contribution in [0.1, 0.15) is 18.0 Å². The molecule has 0 bridgehead atoms. The van der Waals surface area contributed by atoms with Gasteiger partial charge >= 0.3 is 0 Å². The van der Waals surface area contributed by atoms with Crippen LogP contribution in [0.3, 0.4) is 0 Å². The molecule has 1 fully saturated rings. The largest absolute Gasteiger partial charge is 0.493 e. The zero-order valence-corrected chi connectivity index (χ0v) is 10.5. The van der Waals surface area contributed by atoms with Crippen molar-refractivity contribution in [1.29, 1.82) is 0 Å². The third kappa shape index (κ3) is 2.28. The van der Waals surface area contributed by atoms with Gasteiger partial charge < -0.3 is 10.1 Å². The molecule has 1 saturated heterocycles. The van der Waals surface area contributed by atoms with Crippen molar-refractivity contribution < 1.29 is 4.74 Å². The van der Waals surface area contributed by atoms with Gasteiger partial charge in [0.05, 0.1) is 6.61 Å². The molecule has 0 radical (unpaired) electrons. The third-order valence-electron chi connectivity index (χ3n) is 3.57. The molecule has 3 nitrogen and oxygen atoms in total. The average Bonchev–Trinajstić information content (AvgIpc) is 2.39. The molecule has 4 heteroatoms. The van der Waals surface area contributed by atoms with E-state index in [1.54, 1.807) is 0 Å². The van der Waals surface area contributed by atoms with Gasteiger partial charge in [0.2, 0.25) is 0 Å². The number of nitrogens with zero attached hydrogens (tertiary/aromatic N) is 1. The van der Waals surface area contributed by atoms with Crippen LogP contribution in [0.15, 0.2) is 18.2 Å². The van der Waals surface area contributed by atoms with Gasteiger partial charge in [-0.05, 0) is 18.2 Å². The Balaban J connectivity index is 1.89. The summed E-state index contributed by atoms with van der Waals surface area (Å²) in [6.07, 6.45) is 1.06. The molecular weight excluding hydrogens is 236 g/mol. The lowest BCUT2D eigenvalue weighted by molar-refractivity contribution is 0.126. The molecule has 0 spiro atoms. The van der Waals surface area contributed by atoms with E-state index in [0.717, 1.165) is 50.0 Å². The summed E-state index contributed by atoms with van der Waals surface area (Å²) in [5.74, 6) is 1.00. The Morgan fingerprint density at radius 2 is 2.12 bits per heavy atom. The summed E-state index contributed by atoms with van der Waals surface area (Å²) in [7, 11) is 0. The predicted octanol–water partition coefficient (Wildman–Crippen LogP) is 2.07. The fourth-order valence-corrected chi connectivity index (χ4v) is 2.90. The van der Waals surface area contributed by atoms with Crippen molar-refractivity contribution in [3.05, 3.63) is 28.8 Å². The van der Waals surface area contributed by atoms with Gasteiger partial charge in [-0.1, -0.05) is 11.6 Å². The fraction of sp³-hybridized carbons (Fsp3) is 0.538. The number of benzene rings is 1. The van der Waals surface area contributed by atoms with Crippen molar-refractivity contribution in [3.63, 3.8) is 0 Å². The Bertz CT molecular complexity index is 404. The van der Waals surface area contributed by atoms with Gasteiger partial charge in [0.1, 0.15) is 5.75 Å². The lowest BCUT2D eigenvalue weighted by atomic mass is 9.98. The Morgan fingerprint density at radius 1 is 1.29 bits per heavy atom. The Labute approximate surface area is 107 Å². The van der Waals surface area contributed by atoms with Crippen LogP contribution in [0, 0.1) is 0 Å². The molecule has 0 aromatic heterocycles. The molecule has 17 heavy (non-hydrogen) atoms. The quantitative estimate of drug-likeness (QED) is 0.828. The van der Waals surface area contributed by atoms with E-state index in [0.29, 0.717) is 6.04 Å². The van der Waals surface area contributed by atoms with Crippen LogP contribution in [-0.4, -0.2) is 37.7 Å². The summed E-state index contributed by atoms with van der Waals surface area (Å²) in [5, 5.41) is 4.19. The van der Waals surface area contributed by atoms with Crippen molar-refractivity contribution >= 4 is 11.6 Å². The SMILES string of the molecule is Clc1ccc2c(c1)C(N1CCNCC1)CCO2. The molecule has 1 N–H and O–H groups in total. The van der Waals surface area contributed by atoms with Crippen molar-refractivity contribution in [2.45, 2.75) is 12.5 Å². The zero-order valence-electron chi connectivity index (χ0n) is 9.79. The molecule has 0 amide bonds. The lowest BCUT2D eigenvalue weighted by Crippen LogP contribution is -2.46. The van der Waals surface area contributed by atoms with Crippen LogP contribution in [0.25, 0.3) is 0 Å². The second kappa shape index (κ2) is 4.84. The van der Waals surface area contributed by atoms with Gasteiger partial charge in [-0.15, -0.1) is 0 Å². The van der Waals surface area contributed by atoms with Crippen LogP contribution in [0.4, 0.5) is 0 Å². The van der Waals surface area contributed by atoms with Crippen molar-refractivity contribution in [1.82, 2.24) is 10.2 Å². The number of nitrogens with one attached hydrogen (secondary N) is 1. The molecule has 1 aromatic rings. The minimum absolute atomic E-state index is 0.472. The number of halogens is 1. The van der Waals surface area contributed by atoms with E-state index in [9.17, 15) is 0 Å². The fourth-order valence-electron chi connectivity index (χ4n) is 2.72. The number of hydrogen-bond donors (Lipinski definition) is 1. The Kier molecular flexibility index (Phi) is 3.23. The van der Waals surface area contributed by atoms with Gasteiger partial charge in [0.15, 0.2) is 0 Å². The minimum atomic E-state index is 0.472. The summed E-state index contributed by atoms with van der Waals surface area (Å²) in [4.78, 5) is 2.54. The van der Waals surface area contributed by atoms with E-state index in [1.807, 2.05) is 12.1 Å². The molecule has 1 atom stereocenters. The maximum Gasteiger partial charge on any atom is 0.124 e. The van der Waals surface area contributed by atoms with Crippen LogP contribution < -0.4 is 10.1 Å². The topological polar surface area (TPSA) is 24.5 Å². The van der Waals surface area contributed by atoms with Crippen molar-refractivity contribution in [2.24, 2.45) is 0 Å². The smallest absolute Gasteiger partial charge is 0.124 e. The zero-order chi connectivity index (χ0) is 11.7. The van der Waals surface area contributed by atoms with Crippen LogP contribution in [-0.2, 0) is 0 Å². The first kappa shape index (κ1) is 11.3. The van der Waals surface area contributed by atoms with Gasteiger partial charge in [-0.25, -0.2) is 0 Å². The number of fused-ring (bicyclic) bond motifs is 1. The highest BCUT2D eigenvalue weighted by Crippen LogP contribution is 2.37. The van der Waals surface area contributed by atoms with E-state index in [1.165, 1.54) is 5.56 Å². The Morgan fingerprint density at radius 3 is 2.94 bits per heavy atom. The molecule has 2 heterocycles. The highest BCUT2D eigenvalue weighted by Gasteiger charge is 2.27. The van der Waals surface area contributed by atoms with Gasteiger partial charge in [0, 0.05) is 49.2 Å². The molecule has 0 saturated carbocycles. The van der Waals surface area contributed by atoms with Gasteiger partial charge in [0.25, 0.3) is 0 Å². The van der Waals surface area contributed by atoms with E-state index < -0.39 is 0 Å².